The normalized spacial score (nSPS) is 10.5. The number of amides is 1. The lowest BCUT2D eigenvalue weighted by atomic mass is 10.8. The molecule has 0 radical (unpaired) electrons. The van der Waals surface area contributed by atoms with Gasteiger partial charge in [0.05, 0.1) is 5.75 Å². The van der Waals surface area contributed by atoms with Crippen LogP contribution in [0.1, 0.15) is 0 Å². The standard InChI is InChI=1S/C5H9NO4S/c1-2-11(8,9)4-3-10-5(6)7/h2H,1,3-4H2,(H2,6,7). The van der Waals surface area contributed by atoms with Gasteiger partial charge in [0.15, 0.2) is 9.84 Å². The Morgan fingerprint density at radius 2 is 2.18 bits per heavy atom. The average molecular weight is 179 g/mol. The molecule has 0 bridgehead atoms. The SMILES string of the molecule is C=CS(=O)(=O)CCOC(N)=O. The fourth-order valence-corrected chi connectivity index (χ4v) is 0.824. The van der Waals surface area contributed by atoms with Gasteiger partial charge in [0.1, 0.15) is 6.61 Å². The highest BCUT2D eigenvalue weighted by Crippen LogP contribution is 1.90. The van der Waals surface area contributed by atoms with Crippen molar-refractivity contribution in [2.45, 2.75) is 0 Å². The highest BCUT2D eigenvalue weighted by atomic mass is 32.2. The van der Waals surface area contributed by atoms with Crippen molar-refractivity contribution in [3.63, 3.8) is 0 Å². The Bertz CT molecular complexity index is 243. The predicted octanol–water partition coefficient (Wildman–Crippen LogP) is -0.360. The molecular weight excluding hydrogens is 170 g/mol. The summed E-state index contributed by atoms with van der Waals surface area (Å²) in [5.41, 5.74) is 4.58. The molecule has 1 amide bonds. The molecule has 0 unspecified atom stereocenters. The largest absolute Gasteiger partial charge is 0.449 e. The van der Waals surface area contributed by atoms with E-state index in [1.807, 2.05) is 0 Å². The summed E-state index contributed by atoms with van der Waals surface area (Å²) in [6, 6.07) is 0. The number of carbonyl (C=O) groups is 1. The molecule has 6 heteroatoms. The monoisotopic (exact) mass is 179 g/mol. The molecule has 0 saturated carbocycles. The van der Waals surface area contributed by atoms with Crippen molar-refractivity contribution in [1.82, 2.24) is 0 Å². The second-order valence-corrected chi connectivity index (χ2v) is 3.77. The fraction of sp³-hybridized carbons (Fsp3) is 0.400. The molecule has 0 aliphatic heterocycles. The zero-order chi connectivity index (χ0) is 8.91. The number of rotatable bonds is 4. The molecule has 0 spiro atoms. The minimum Gasteiger partial charge on any atom is -0.449 e. The topological polar surface area (TPSA) is 86.5 Å². The van der Waals surface area contributed by atoms with E-state index in [1.165, 1.54) is 0 Å². The third-order valence-corrected chi connectivity index (χ3v) is 2.11. The summed E-state index contributed by atoms with van der Waals surface area (Å²) in [5, 5.41) is 0.803. The van der Waals surface area contributed by atoms with Crippen LogP contribution in [-0.2, 0) is 14.6 Å². The van der Waals surface area contributed by atoms with E-state index < -0.39 is 15.9 Å². The molecule has 0 aliphatic carbocycles. The van der Waals surface area contributed by atoms with Crippen LogP contribution in [0.5, 0.6) is 0 Å². The second-order valence-electron chi connectivity index (χ2n) is 1.70. The Kier molecular flexibility index (Phi) is 3.59. The van der Waals surface area contributed by atoms with E-state index in [0.29, 0.717) is 0 Å². The lowest BCUT2D eigenvalue weighted by Crippen LogP contribution is -2.18. The maximum Gasteiger partial charge on any atom is 0.404 e. The Morgan fingerprint density at radius 1 is 1.64 bits per heavy atom. The number of hydrogen-bond acceptors (Lipinski definition) is 4. The highest BCUT2D eigenvalue weighted by Gasteiger charge is 2.05. The summed E-state index contributed by atoms with van der Waals surface area (Å²) in [5.74, 6) is -0.278. The number of primary amides is 1. The summed E-state index contributed by atoms with van der Waals surface area (Å²) >= 11 is 0. The number of ether oxygens (including phenoxy) is 1. The van der Waals surface area contributed by atoms with Gasteiger partial charge in [-0.2, -0.15) is 0 Å². The van der Waals surface area contributed by atoms with Gasteiger partial charge in [0.25, 0.3) is 0 Å². The van der Waals surface area contributed by atoms with Gasteiger partial charge in [-0.1, -0.05) is 6.58 Å². The van der Waals surface area contributed by atoms with Crippen LogP contribution in [0.2, 0.25) is 0 Å². The summed E-state index contributed by atoms with van der Waals surface area (Å²) in [6.07, 6.45) is -0.982. The van der Waals surface area contributed by atoms with Crippen LogP contribution in [0.25, 0.3) is 0 Å². The van der Waals surface area contributed by atoms with Gasteiger partial charge in [-0.05, 0) is 0 Å². The van der Waals surface area contributed by atoms with Crippen molar-refractivity contribution in [2.24, 2.45) is 5.73 Å². The maximum atomic E-state index is 10.6. The van der Waals surface area contributed by atoms with E-state index in [-0.39, 0.29) is 12.4 Å². The Balaban J connectivity index is 3.72. The summed E-state index contributed by atoms with van der Waals surface area (Å²) in [7, 11) is -3.28. The van der Waals surface area contributed by atoms with E-state index >= 15 is 0 Å². The van der Waals surface area contributed by atoms with Crippen LogP contribution < -0.4 is 5.73 Å². The molecule has 64 valence electrons. The lowest BCUT2D eigenvalue weighted by molar-refractivity contribution is 0.164. The summed E-state index contributed by atoms with van der Waals surface area (Å²) < 4.78 is 25.5. The predicted molar refractivity (Wildman–Crippen MR) is 39.5 cm³/mol. The van der Waals surface area contributed by atoms with Crippen LogP contribution >= 0.6 is 0 Å². The first-order valence-corrected chi connectivity index (χ1v) is 4.47. The van der Waals surface area contributed by atoms with Crippen molar-refractivity contribution >= 4 is 15.9 Å². The van der Waals surface area contributed by atoms with E-state index in [1.54, 1.807) is 0 Å². The first-order chi connectivity index (χ1) is 4.98. The van der Waals surface area contributed by atoms with E-state index in [0.717, 1.165) is 5.41 Å². The van der Waals surface area contributed by atoms with Gasteiger partial charge in [0.2, 0.25) is 0 Å². The highest BCUT2D eigenvalue weighted by molar-refractivity contribution is 7.94. The Morgan fingerprint density at radius 3 is 2.55 bits per heavy atom. The molecule has 11 heavy (non-hydrogen) atoms. The summed E-state index contributed by atoms with van der Waals surface area (Å²) in [4.78, 5) is 9.95. The Labute approximate surface area is 64.7 Å². The molecule has 0 saturated heterocycles. The van der Waals surface area contributed by atoms with Gasteiger partial charge < -0.3 is 10.5 Å². The third kappa shape index (κ3) is 5.41. The van der Waals surface area contributed by atoms with Gasteiger partial charge in [-0.25, -0.2) is 13.2 Å². The van der Waals surface area contributed by atoms with E-state index in [9.17, 15) is 13.2 Å². The number of sulfone groups is 1. The van der Waals surface area contributed by atoms with Crippen LogP contribution in [0.4, 0.5) is 4.79 Å². The van der Waals surface area contributed by atoms with Crippen molar-refractivity contribution in [1.29, 1.82) is 0 Å². The smallest absolute Gasteiger partial charge is 0.404 e. The quantitative estimate of drug-likeness (QED) is 0.638. The van der Waals surface area contributed by atoms with Gasteiger partial charge in [0, 0.05) is 5.41 Å². The number of nitrogens with two attached hydrogens (primary N) is 1. The third-order valence-electron chi connectivity index (χ3n) is 0.866. The van der Waals surface area contributed by atoms with E-state index in [2.05, 4.69) is 17.0 Å². The van der Waals surface area contributed by atoms with Gasteiger partial charge >= 0.3 is 6.09 Å². The van der Waals surface area contributed by atoms with Crippen LogP contribution in [-0.4, -0.2) is 26.9 Å². The average Bonchev–Trinajstić information content (AvgIpc) is 1.87. The minimum atomic E-state index is -3.28. The molecule has 0 aromatic carbocycles. The molecule has 0 atom stereocenters. The molecule has 0 rings (SSSR count). The maximum absolute atomic E-state index is 10.6. The van der Waals surface area contributed by atoms with Crippen LogP contribution in [0.3, 0.4) is 0 Å². The van der Waals surface area contributed by atoms with Crippen LogP contribution in [0.15, 0.2) is 12.0 Å². The van der Waals surface area contributed by atoms with Gasteiger partial charge in [-0.3, -0.25) is 0 Å². The van der Waals surface area contributed by atoms with Crippen molar-refractivity contribution in [2.75, 3.05) is 12.4 Å². The molecule has 0 fully saturated rings. The Hall–Kier alpha value is -1.04. The zero-order valence-electron chi connectivity index (χ0n) is 5.82. The first kappa shape index (κ1) is 9.96. The van der Waals surface area contributed by atoms with Crippen molar-refractivity contribution < 1.29 is 17.9 Å². The molecule has 0 aromatic heterocycles. The first-order valence-electron chi connectivity index (χ1n) is 2.75. The van der Waals surface area contributed by atoms with E-state index in [4.69, 9.17) is 0 Å². The fourth-order valence-electron chi connectivity index (χ4n) is 0.342. The second kappa shape index (κ2) is 3.97. The molecular formula is C5H9NO4S. The minimum absolute atomic E-state index is 0.232. The summed E-state index contributed by atoms with van der Waals surface area (Å²) in [6.45, 7) is 2.84. The molecule has 5 nitrogen and oxygen atoms in total. The van der Waals surface area contributed by atoms with Crippen molar-refractivity contribution in [3.05, 3.63) is 12.0 Å². The molecule has 0 aliphatic rings. The number of carbonyl (C=O) groups excluding carboxylic acids is 1. The van der Waals surface area contributed by atoms with Crippen LogP contribution in [0, 0.1) is 0 Å². The van der Waals surface area contributed by atoms with Gasteiger partial charge in [-0.15, -0.1) is 0 Å². The zero-order valence-corrected chi connectivity index (χ0v) is 6.63. The van der Waals surface area contributed by atoms with Crippen molar-refractivity contribution in [3.8, 4) is 0 Å². The molecule has 2 N–H and O–H groups in total. The lowest BCUT2D eigenvalue weighted by Gasteiger charge is -1.98. The number of hydrogen-bond donors (Lipinski definition) is 1. The molecule has 0 heterocycles. The molecule has 0 aromatic rings.